The lowest BCUT2D eigenvalue weighted by atomic mass is 10.0. The lowest BCUT2D eigenvalue weighted by Crippen LogP contribution is -2.41. The maximum atomic E-state index is 12.2. The number of rotatable bonds is 35. The summed E-state index contributed by atoms with van der Waals surface area (Å²) in [7, 11) is 1.52. The van der Waals surface area contributed by atoms with Crippen molar-refractivity contribution in [1.29, 1.82) is 0 Å². The maximum absolute atomic E-state index is 12.2. The Balaban J connectivity index is 3.69. The Labute approximate surface area is 284 Å². The molecule has 0 radical (unpaired) electrons. The van der Waals surface area contributed by atoms with E-state index in [1.165, 1.54) is 7.05 Å². The molecule has 15 nitrogen and oxygen atoms in total. The van der Waals surface area contributed by atoms with E-state index in [9.17, 15) is 33.9 Å². The fourth-order valence-corrected chi connectivity index (χ4v) is 4.46. The van der Waals surface area contributed by atoms with Crippen molar-refractivity contribution in [2.75, 3.05) is 66.4 Å². The summed E-state index contributed by atoms with van der Waals surface area (Å²) in [5.74, 6) is -2.84. The minimum Gasteiger partial charge on any atom is -0.481 e. The molecule has 0 aliphatic heterocycles. The summed E-state index contributed by atoms with van der Waals surface area (Å²) in [5, 5.41) is 25.7. The number of carboxylic acid groups (broad SMARTS) is 2. The highest BCUT2D eigenvalue weighted by Gasteiger charge is 2.20. The van der Waals surface area contributed by atoms with Crippen LogP contribution < -0.4 is 16.0 Å². The SMILES string of the molecule is CNC(=O)COCCOCCNC(=O)COCCOCCCC(=O)CC[C@H](NC(=O)CCCCCCCCCCCCC(=O)O)C(=O)O. The van der Waals surface area contributed by atoms with Gasteiger partial charge in [-0.2, -0.15) is 0 Å². The molecule has 0 heterocycles. The van der Waals surface area contributed by atoms with Gasteiger partial charge in [0.1, 0.15) is 25.0 Å². The Hall–Kier alpha value is -3.14. The summed E-state index contributed by atoms with van der Waals surface area (Å²) in [4.78, 5) is 69.2. The topological polar surface area (TPSA) is 216 Å². The van der Waals surface area contributed by atoms with E-state index < -0.39 is 18.0 Å². The first kappa shape index (κ1) is 44.9. The Morgan fingerprint density at radius 2 is 1.06 bits per heavy atom. The van der Waals surface area contributed by atoms with Crippen LogP contribution in [0.15, 0.2) is 0 Å². The first-order valence-corrected chi connectivity index (χ1v) is 17.2. The highest BCUT2D eigenvalue weighted by molar-refractivity contribution is 5.84. The van der Waals surface area contributed by atoms with E-state index in [1.807, 2.05) is 0 Å². The Bertz CT molecular complexity index is 903. The second-order valence-corrected chi connectivity index (χ2v) is 11.4. The van der Waals surface area contributed by atoms with Gasteiger partial charge in [0.05, 0.1) is 33.0 Å². The van der Waals surface area contributed by atoms with Gasteiger partial charge in [0.15, 0.2) is 0 Å². The third-order valence-corrected chi connectivity index (χ3v) is 7.19. The minimum atomic E-state index is -1.16. The van der Waals surface area contributed by atoms with Crippen LogP contribution in [0.1, 0.15) is 103 Å². The molecule has 0 aromatic heterocycles. The molecule has 0 aliphatic rings. The van der Waals surface area contributed by atoms with E-state index in [0.29, 0.717) is 39.2 Å². The standard InChI is InChI=1S/C33H59N3O12/c1-34-30(39)25-47-24-22-46-20-18-35-31(40)26-48-23-21-45-19-12-13-27(37)16-17-28(33(43)44)36-29(38)14-10-8-6-4-2-3-5-7-9-11-15-32(41)42/h28H,2-26H2,1H3,(H,34,39)(H,35,40)(H,36,38)(H,41,42)(H,43,44)/t28-/m0/s1. The summed E-state index contributed by atoms with van der Waals surface area (Å²) < 4.78 is 21.0. The van der Waals surface area contributed by atoms with E-state index in [0.717, 1.165) is 57.8 Å². The van der Waals surface area contributed by atoms with Crippen molar-refractivity contribution in [2.45, 2.75) is 109 Å². The molecule has 0 saturated heterocycles. The molecule has 278 valence electrons. The van der Waals surface area contributed by atoms with E-state index >= 15 is 0 Å². The van der Waals surface area contributed by atoms with Crippen molar-refractivity contribution in [3.05, 3.63) is 0 Å². The number of hydrogen-bond donors (Lipinski definition) is 5. The molecule has 0 aromatic rings. The number of carbonyl (C=O) groups is 6. The molecule has 1 atom stereocenters. The molecule has 0 aromatic carbocycles. The molecule has 0 unspecified atom stereocenters. The predicted octanol–water partition coefficient (Wildman–Crippen LogP) is 2.38. The van der Waals surface area contributed by atoms with Crippen LogP contribution >= 0.6 is 0 Å². The molecule has 0 fully saturated rings. The largest absolute Gasteiger partial charge is 0.481 e. The van der Waals surface area contributed by atoms with Crippen LogP contribution in [0.3, 0.4) is 0 Å². The second kappa shape index (κ2) is 32.4. The summed E-state index contributed by atoms with van der Waals surface area (Å²) in [5.41, 5.74) is 0. The van der Waals surface area contributed by atoms with Gasteiger partial charge in [-0.15, -0.1) is 0 Å². The van der Waals surface area contributed by atoms with Crippen molar-refractivity contribution >= 4 is 35.4 Å². The summed E-state index contributed by atoms with van der Waals surface area (Å²) in [6.07, 6.45) is 11.0. The van der Waals surface area contributed by atoms with Crippen molar-refractivity contribution in [1.82, 2.24) is 16.0 Å². The Morgan fingerprint density at radius 3 is 1.62 bits per heavy atom. The van der Waals surface area contributed by atoms with Gasteiger partial charge in [-0.3, -0.25) is 24.0 Å². The molecule has 0 aliphatic carbocycles. The third-order valence-electron chi connectivity index (χ3n) is 7.19. The number of hydrogen-bond acceptors (Lipinski definition) is 10. The summed E-state index contributed by atoms with van der Waals surface area (Å²) in [6, 6.07) is -1.10. The molecule has 0 rings (SSSR count). The minimum absolute atomic E-state index is 0.0285. The average Bonchev–Trinajstić information content (AvgIpc) is 3.05. The molecule has 48 heavy (non-hydrogen) atoms. The number of Topliss-reactive ketones (excluding diaryl/α,β-unsaturated/α-hetero) is 1. The van der Waals surface area contributed by atoms with Crippen molar-refractivity contribution in [2.24, 2.45) is 0 Å². The number of carbonyl (C=O) groups excluding carboxylic acids is 4. The van der Waals surface area contributed by atoms with E-state index in [2.05, 4.69) is 16.0 Å². The van der Waals surface area contributed by atoms with Gasteiger partial charge in [0.25, 0.3) is 0 Å². The van der Waals surface area contributed by atoms with Crippen molar-refractivity contribution in [3.8, 4) is 0 Å². The smallest absolute Gasteiger partial charge is 0.326 e. The first-order chi connectivity index (χ1) is 23.1. The van der Waals surface area contributed by atoms with E-state index in [4.69, 9.17) is 24.1 Å². The fraction of sp³-hybridized carbons (Fsp3) is 0.818. The van der Waals surface area contributed by atoms with Crippen molar-refractivity contribution < 1.29 is 57.9 Å². The van der Waals surface area contributed by atoms with Gasteiger partial charge in [-0.05, 0) is 25.7 Å². The zero-order valence-electron chi connectivity index (χ0n) is 28.7. The van der Waals surface area contributed by atoms with E-state index in [-0.39, 0.29) is 88.6 Å². The summed E-state index contributed by atoms with van der Waals surface area (Å²) >= 11 is 0. The molecular weight excluding hydrogens is 630 g/mol. The van der Waals surface area contributed by atoms with Crippen LogP contribution in [-0.4, -0.2) is 118 Å². The average molecular weight is 690 g/mol. The number of nitrogens with one attached hydrogen (secondary N) is 3. The Morgan fingerprint density at radius 1 is 0.542 bits per heavy atom. The summed E-state index contributed by atoms with van der Waals surface area (Å²) in [6.45, 7) is 1.81. The zero-order valence-corrected chi connectivity index (χ0v) is 28.7. The van der Waals surface area contributed by atoms with Crippen LogP contribution in [0.25, 0.3) is 0 Å². The van der Waals surface area contributed by atoms with Crippen molar-refractivity contribution in [3.63, 3.8) is 0 Å². The van der Waals surface area contributed by atoms with Gasteiger partial charge < -0.3 is 45.1 Å². The fourth-order valence-electron chi connectivity index (χ4n) is 4.46. The quantitative estimate of drug-likeness (QED) is 0.0607. The number of amides is 3. The molecule has 0 bridgehead atoms. The van der Waals surface area contributed by atoms with Crippen LogP contribution in [0.5, 0.6) is 0 Å². The number of ketones is 1. The maximum Gasteiger partial charge on any atom is 0.326 e. The number of ether oxygens (including phenoxy) is 4. The molecule has 15 heteroatoms. The van der Waals surface area contributed by atoms with Crippen LogP contribution in [0.2, 0.25) is 0 Å². The van der Waals surface area contributed by atoms with Gasteiger partial charge in [-0.1, -0.05) is 51.4 Å². The monoisotopic (exact) mass is 689 g/mol. The van der Waals surface area contributed by atoms with Gasteiger partial charge in [0.2, 0.25) is 17.7 Å². The third kappa shape index (κ3) is 31.5. The highest BCUT2D eigenvalue weighted by atomic mass is 16.5. The zero-order chi connectivity index (χ0) is 35.7. The molecule has 0 spiro atoms. The van der Waals surface area contributed by atoms with Crippen LogP contribution in [-0.2, 0) is 47.7 Å². The molecule has 5 N–H and O–H groups in total. The lowest BCUT2D eigenvalue weighted by Gasteiger charge is -2.14. The first-order valence-electron chi connectivity index (χ1n) is 17.2. The number of likely N-dealkylation sites (N-methyl/N-ethyl adjacent to an activating group) is 1. The number of unbranched alkanes of at least 4 members (excludes halogenated alkanes) is 9. The predicted molar refractivity (Wildman–Crippen MR) is 176 cm³/mol. The highest BCUT2D eigenvalue weighted by Crippen LogP contribution is 2.12. The van der Waals surface area contributed by atoms with Gasteiger partial charge in [-0.25, -0.2) is 4.79 Å². The van der Waals surface area contributed by atoms with Gasteiger partial charge >= 0.3 is 11.9 Å². The number of aliphatic carboxylic acids is 2. The molecular formula is C33H59N3O12. The normalized spacial score (nSPS) is 11.5. The Kier molecular flexibility index (Phi) is 30.3. The van der Waals surface area contributed by atoms with E-state index in [1.54, 1.807) is 0 Å². The van der Waals surface area contributed by atoms with Gasteiger partial charge in [0, 0.05) is 45.9 Å². The molecule has 3 amide bonds. The molecule has 0 saturated carbocycles. The van der Waals surface area contributed by atoms with Crippen LogP contribution in [0.4, 0.5) is 0 Å². The lowest BCUT2D eigenvalue weighted by molar-refractivity contribution is -0.142. The second-order valence-electron chi connectivity index (χ2n) is 11.4. The van der Waals surface area contributed by atoms with Crippen LogP contribution in [0, 0.1) is 0 Å². The number of carboxylic acids is 2.